The highest BCUT2D eigenvalue weighted by Crippen LogP contribution is 2.35. The van der Waals surface area contributed by atoms with Gasteiger partial charge in [0.2, 0.25) is 0 Å². The summed E-state index contributed by atoms with van der Waals surface area (Å²) >= 11 is 0. The number of fused-ring (bicyclic) bond motifs is 3. The largest absolute Gasteiger partial charge is 0.338 e. The molecule has 0 saturated carbocycles. The van der Waals surface area contributed by atoms with Crippen molar-refractivity contribution in [1.82, 2.24) is 29.9 Å². The molecular formula is C45H30N6. The second-order valence-electron chi connectivity index (χ2n) is 12.8. The van der Waals surface area contributed by atoms with Crippen LogP contribution in [0.25, 0.3) is 101 Å². The van der Waals surface area contributed by atoms with Crippen LogP contribution < -0.4 is 0 Å². The molecule has 0 aliphatic rings. The predicted octanol–water partition coefficient (Wildman–Crippen LogP) is 11.3. The van der Waals surface area contributed by atoms with Gasteiger partial charge < -0.3 is 15.0 Å². The maximum absolute atomic E-state index is 4.81. The molecule has 240 valence electrons. The SMILES string of the molecule is c1ccc2[nH]c(-c3ccc(-c4cc(-c5ccc(-c6nc7ccccc7[nH]6)cc5)cc(-c5ccc(-c6nc7ccccc7[nH]6)cc5)c4)cc3)nc2c1. The van der Waals surface area contributed by atoms with E-state index in [2.05, 4.69) is 124 Å². The normalized spacial score (nSPS) is 11.5. The topological polar surface area (TPSA) is 86.0 Å². The summed E-state index contributed by atoms with van der Waals surface area (Å²) in [5.74, 6) is 2.60. The lowest BCUT2D eigenvalue weighted by Gasteiger charge is -2.12. The fourth-order valence-corrected chi connectivity index (χ4v) is 6.86. The molecule has 3 heterocycles. The van der Waals surface area contributed by atoms with Gasteiger partial charge in [-0.05, 0) is 88.0 Å². The van der Waals surface area contributed by atoms with Crippen molar-refractivity contribution in [2.75, 3.05) is 0 Å². The first-order valence-corrected chi connectivity index (χ1v) is 17.0. The second-order valence-corrected chi connectivity index (χ2v) is 12.8. The van der Waals surface area contributed by atoms with Gasteiger partial charge in [-0.1, -0.05) is 109 Å². The molecule has 0 aliphatic heterocycles. The zero-order chi connectivity index (χ0) is 33.7. The third-order valence-electron chi connectivity index (χ3n) is 9.58. The number of hydrogen-bond donors (Lipinski definition) is 3. The van der Waals surface area contributed by atoms with Crippen LogP contribution in [0.4, 0.5) is 0 Å². The van der Waals surface area contributed by atoms with E-state index in [0.717, 1.165) is 101 Å². The van der Waals surface area contributed by atoms with Crippen LogP contribution in [-0.2, 0) is 0 Å². The second kappa shape index (κ2) is 11.8. The van der Waals surface area contributed by atoms with Crippen molar-refractivity contribution >= 4 is 33.1 Å². The number of H-pyrrole nitrogens is 3. The molecule has 0 bridgehead atoms. The average Bonchev–Trinajstić information content (AvgIpc) is 3.95. The minimum absolute atomic E-state index is 0.867. The summed E-state index contributed by atoms with van der Waals surface area (Å²) in [7, 11) is 0. The Kier molecular flexibility index (Phi) is 6.70. The minimum atomic E-state index is 0.867. The van der Waals surface area contributed by atoms with Crippen LogP contribution in [0.1, 0.15) is 0 Å². The Labute approximate surface area is 293 Å². The van der Waals surface area contributed by atoms with Gasteiger partial charge in [0.25, 0.3) is 0 Å². The number of aromatic nitrogens is 6. The Bertz CT molecular complexity index is 2410. The van der Waals surface area contributed by atoms with Crippen molar-refractivity contribution in [3.8, 4) is 67.5 Å². The number of nitrogens with zero attached hydrogens (tertiary/aromatic N) is 3. The number of nitrogens with one attached hydrogen (secondary N) is 3. The molecule has 6 heteroatoms. The molecule has 10 rings (SSSR count). The molecule has 51 heavy (non-hydrogen) atoms. The zero-order valence-corrected chi connectivity index (χ0v) is 27.4. The molecule has 3 N–H and O–H groups in total. The molecule has 0 fully saturated rings. The van der Waals surface area contributed by atoms with Crippen molar-refractivity contribution in [3.63, 3.8) is 0 Å². The van der Waals surface area contributed by atoms with Crippen LogP contribution in [0.2, 0.25) is 0 Å². The molecule has 7 aromatic carbocycles. The number of aromatic amines is 3. The first-order valence-electron chi connectivity index (χ1n) is 17.0. The van der Waals surface area contributed by atoms with Crippen LogP contribution in [0.5, 0.6) is 0 Å². The van der Waals surface area contributed by atoms with Gasteiger partial charge >= 0.3 is 0 Å². The maximum atomic E-state index is 4.81. The van der Waals surface area contributed by atoms with Crippen LogP contribution >= 0.6 is 0 Å². The molecule has 10 aromatic rings. The van der Waals surface area contributed by atoms with Crippen molar-refractivity contribution < 1.29 is 0 Å². The highest BCUT2D eigenvalue weighted by atomic mass is 14.9. The van der Waals surface area contributed by atoms with E-state index in [1.807, 2.05) is 54.6 Å². The van der Waals surface area contributed by atoms with E-state index < -0.39 is 0 Å². The van der Waals surface area contributed by atoms with Gasteiger partial charge in [-0.3, -0.25) is 0 Å². The Morgan fingerprint density at radius 2 is 0.510 bits per heavy atom. The lowest BCUT2D eigenvalue weighted by Crippen LogP contribution is -1.88. The fourth-order valence-electron chi connectivity index (χ4n) is 6.86. The first-order chi connectivity index (χ1) is 25.2. The van der Waals surface area contributed by atoms with Crippen LogP contribution in [-0.4, -0.2) is 29.9 Å². The Hall–Kier alpha value is -7.05. The van der Waals surface area contributed by atoms with Gasteiger partial charge in [0.05, 0.1) is 33.1 Å². The number of para-hydroxylation sites is 6. The van der Waals surface area contributed by atoms with Crippen LogP contribution in [0.15, 0.2) is 164 Å². The Balaban J connectivity index is 1.03. The molecule has 0 radical (unpaired) electrons. The quantitative estimate of drug-likeness (QED) is 0.167. The molecule has 0 unspecified atom stereocenters. The molecule has 0 saturated heterocycles. The molecular weight excluding hydrogens is 625 g/mol. The smallest absolute Gasteiger partial charge is 0.138 e. The zero-order valence-electron chi connectivity index (χ0n) is 27.4. The fraction of sp³-hybridized carbons (Fsp3) is 0. The van der Waals surface area contributed by atoms with Gasteiger partial charge in [-0.25, -0.2) is 15.0 Å². The van der Waals surface area contributed by atoms with E-state index in [9.17, 15) is 0 Å². The number of imidazole rings is 3. The van der Waals surface area contributed by atoms with Gasteiger partial charge in [0, 0.05) is 16.7 Å². The van der Waals surface area contributed by atoms with Crippen molar-refractivity contribution in [2.24, 2.45) is 0 Å². The monoisotopic (exact) mass is 654 g/mol. The number of benzene rings is 7. The predicted molar refractivity (Wildman–Crippen MR) is 208 cm³/mol. The Morgan fingerprint density at radius 3 is 0.784 bits per heavy atom. The van der Waals surface area contributed by atoms with E-state index in [0.29, 0.717) is 0 Å². The summed E-state index contributed by atoms with van der Waals surface area (Å²) in [5, 5.41) is 0. The highest BCUT2D eigenvalue weighted by Gasteiger charge is 2.12. The van der Waals surface area contributed by atoms with E-state index in [1.165, 1.54) is 0 Å². The first kappa shape index (κ1) is 28.9. The summed E-state index contributed by atoms with van der Waals surface area (Å²) in [6.45, 7) is 0. The van der Waals surface area contributed by atoms with Crippen molar-refractivity contribution in [1.29, 1.82) is 0 Å². The third kappa shape index (κ3) is 5.36. The molecule has 0 spiro atoms. The molecule has 0 aliphatic carbocycles. The Morgan fingerprint density at radius 1 is 0.255 bits per heavy atom. The molecule has 6 nitrogen and oxygen atoms in total. The van der Waals surface area contributed by atoms with E-state index in [1.54, 1.807) is 0 Å². The molecule has 0 amide bonds. The van der Waals surface area contributed by atoms with Gasteiger partial charge in [-0.2, -0.15) is 0 Å². The van der Waals surface area contributed by atoms with Crippen molar-refractivity contribution in [3.05, 3.63) is 164 Å². The maximum Gasteiger partial charge on any atom is 0.138 e. The van der Waals surface area contributed by atoms with E-state index in [-0.39, 0.29) is 0 Å². The minimum Gasteiger partial charge on any atom is -0.338 e. The average molecular weight is 655 g/mol. The van der Waals surface area contributed by atoms with Crippen molar-refractivity contribution in [2.45, 2.75) is 0 Å². The molecule has 0 atom stereocenters. The highest BCUT2D eigenvalue weighted by molar-refractivity contribution is 5.85. The standard InChI is InChI=1S/C45H30N6/c1-2-8-38-37(7-1)46-43(47-38)31-19-13-28(14-20-31)34-25-35(29-15-21-32(22-16-29)44-48-39-9-3-4-10-40(39)49-44)27-36(26-34)30-17-23-33(24-18-30)45-50-41-11-5-6-12-42(41)51-45/h1-27H,(H,46,47)(H,48,49)(H,50,51). The van der Waals surface area contributed by atoms with Crippen LogP contribution in [0.3, 0.4) is 0 Å². The number of rotatable bonds is 6. The summed E-state index contributed by atoms with van der Waals surface area (Å²) in [5.41, 5.74) is 16.0. The summed E-state index contributed by atoms with van der Waals surface area (Å²) in [4.78, 5) is 24.8. The lowest BCUT2D eigenvalue weighted by atomic mass is 9.92. The summed E-state index contributed by atoms with van der Waals surface area (Å²) in [6.07, 6.45) is 0. The summed E-state index contributed by atoms with van der Waals surface area (Å²) < 4.78 is 0. The van der Waals surface area contributed by atoms with Gasteiger partial charge in [0.15, 0.2) is 0 Å². The van der Waals surface area contributed by atoms with Crippen LogP contribution in [0, 0.1) is 0 Å². The van der Waals surface area contributed by atoms with E-state index in [4.69, 9.17) is 15.0 Å². The summed E-state index contributed by atoms with van der Waals surface area (Å²) in [6, 6.07) is 57.1. The lowest BCUT2D eigenvalue weighted by molar-refractivity contribution is 1.34. The van der Waals surface area contributed by atoms with Gasteiger partial charge in [-0.15, -0.1) is 0 Å². The third-order valence-corrected chi connectivity index (χ3v) is 9.58. The number of hydrogen-bond acceptors (Lipinski definition) is 3. The van der Waals surface area contributed by atoms with E-state index >= 15 is 0 Å². The van der Waals surface area contributed by atoms with Gasteiger partial charge in [0.1, 0.15) is 17.5 Å². The molecule has 3 aromatic heterocycles.